The number of oxazole rings is 1. The number of nitriles is 1. The minimum atomic E-state index is -0.615. The fourth-order valence-electron chi connectivity index (χ4n) is 4.27. The van der Waals surface area contributed by atoms with E-state index >= 15 is 0 Å². The Balaban J connectivity index is 1.35. The van der Waals surface area contributed by atoms with Crippen molar-refractivity contribution >= 4 is 23.3 Å². The van der Waals surface area contributed by atoms with Gasteiger partial charge < -0.3 is 24.4 Å². The predicted molar refractivity (Wildman–Crippen MR) is 152 cm³/mol. The molecular formula is C30H27N5O4S. The lowest BCUT2D eigenvalue weighted by molar-refractivity contribution is -0.141. The van der Waals surface area contributed by atoms with Crippen molar-refractivity contribution in [2.75, 3.05) is 18.9 Å². The van der Waals surface area contributed by atoms with Gasteiger partial charge in [-0.15, -0.1) is 0 Å². The summed E-state index contributed by atoms with van der Waals surface area (Å²) >= 11 is 1.31. The van der Waals surface area contributed by atoms with Crippen LogP contribution in [0.3, 0.4) is 0 Å². The normalized spacial score (nSPS) is 15.9. The number of ether oxygens (including phenoxy) is 3. The number of nitrogens with zero attached hydrogens (tertiary/aromatic N) is 4. The first kappa shape index (κ1) is 27.2. The summed E-state index contributed by atoms with van der Waals surface area (Å²) in [5.74, 6) is 1.01. The van der Waals surface area contributed by atoms with Crippen LogP contribution in [0.1, 0.15) is 30.7 Å². The van der Waals surface area contributed by atoms with E-state index in [-0.39, 0.29) is 23.2 Å². The Labute approximate surface area is 236 Å². The first-order valence-corrected chi connectivity index (χ1v) is 13.5. The fraction of sp³-hybridized carbons (Fsp3) is 0.267. The van der Waals surface area contributed by atoms with Gasteiger partial charge in [0.25, 0.3) is 0 Å². The van der Waals surface area contributed by atoms with Crippen LogP contribution in [-0.2, 0) is 15.2 Å². The highest BCUT2D eigenvalue weighted by molar-refractivity contribution is 7.98. The van der Waals surface area contributed by atoms with Crippen molar-refractivity contribution in [2.24, 2.45) is 0 Å². The molecule has 0 aliphatic carbocycles. The molecule has 5 rings (SSSR count). The van der Waals surface area contributed by atoms with Gasteiger partial charge in [0.1, 0.15) is 41.6 Å². The second kappa shape index (κ2) is 11.4. The Morgan fingerprint density at radius 2 is 1.88 bits per heavy atom. The second-order valence-corrected chi connectivity index (χ2v) is 10.7. The molecule has 0 amide bonds. The molecule has 10 heteroatoms. The Morgan fingerprint density at radius 3 is 2.52 bits per heavy atom. The van der Waals surface area contributed by atoms with E-state index in [1.54, 1.807) is 30.5 Å². The Kier molecular flexibility index (Phi) is 7.76. The minimum absolute atomic E-state index is 0.0633. The number of pyridine rings is 1. The standard InChI is InChI=1S/C30H27N5O4S/c1-18-5-7-20(8-6-18)28-34-21(14-37-28)17-40-29-24(13-31)25(26(33-4)27(32)35-29)19-9-11-22(12-10-19)36-15-23-16-38-30(2,3)39-23/h5-12,14,23H,15-17H2,1-3H3,(H2,32,35). The van der Waals surface area contributed by atoms with Crippen molar-refractivity contribution in [2.45, 2.75) is 43.4 Å². The van der Waals surface area contributed by atoms with E-state index in [0.717, 1.165) is 11.1 Å². The summed E-state index contributed by atoms with van der Waals surface area (Å²) in [4.78, 5) is 12.6. The van der Waals surface area contributed by atoms with Crippen LogP contribution in [0.2, 0.25) is 0 Å². The topological polar surface area (TPSA) is 121 Å². The summed E-state index contributed by atoms with van der Waals surface area (Å²) in [6, 6.07) is 17.3. The van der Waals surface area contributed by atoms with Gasteiger partial charge in [-0.1, -0.05) is 41.6 Å². The van der Waals surface area contributed by atoms with Crippen molar-refractivity contribution < 1.29 is 18.6 Å². The number of nitrogens with two attached hydrogens (primary N) is 1. The number of aromatic nitrogens is 2. The molecule has 1 unspecified atom stereocenters. The van der Waals surface area contributed by atoms with Crippen molar-refractivity contribution in [3.8, 4) is 34.4 Å². The van der Waals surface area contributed by atoms with E-state index in [9.17, 15) is 5.26 Å². The van der Waals surface area contributed by atoms with Crippen LogP contribution in [0, 0.1) is 24.8 Å². The minimum Gasteiger partial charge on any atom is -0.491 e. The van der Waals surface area contributed by atoms with Gasteiger partial charge in [-0.2, -0.15) is 5.26 Å². The van der Waals surface area contributed by atoms with E-state index in [1.165, 1.54) is 11.8 Å². The third-order valence-electron chi connectivity index (χ3n) is 6.24. The number of hydrogen-bond donors (Lipinski definition) is 1. The number of thioether (sulfide) groups is 1. The van der Waals surface area contributed by atoms with Gasteiger partial charge in [0.05, 0.1) is 24.4 Å². The molecule has 4 aromatic rings. The fourth-order valence-corrected chi connectivity index (χ4v) is 5.14. The molecule has 0 saturated carbocycles. The van der Waals surface area contributed by atoms with Gasteiger partial charge in [-0.25, -0.2) is 14.8 Å². The van der Waals surface area contributed by atoms with E-state index in [4.69, 9.17) is 30.9 Å². The maximum Gasteiger partial charge on any atom is 0.236 e. The number of nitrogen functional groups attached to an aromatic ring is 1. The molecule has 1 saturated heterocycles. The van der Waals surface area contributed by atoms with Crippen LogP contribution in [-0.4, -0.2) is 35.1 Å². The summed E-state index contributed by atoms with van der Waals surface area (Å²) in [6.07, 6.45) is 1.43. The SMILES string of the molecule is [C-]#[N+]c1c(N)nc(SCc2coc(-c3ccc(C)cc3)n2)c(C#N)c1-c1ccc(OCC2COC(C)(C)O2)cc1. The van der Waals surface area contributed by atoms with Crippen LogP contribution >= 0.6 is 11.8 Å². The largest absolute Gasteiger partial charge is 0.491 e. The lowest BCUT2D eigenvalue weighted by Gasteiger charge is -2.17. The molecule has 0 radical (unpaired) electrons. The number of anilines is 1. The maximum absolute atomic E-state index is 10.1. The van der Waals surface area contributed by atoms with Crippen LogP contribution in [0.5, 0.6) is 5.75 Å². The molecule has 1 aliphatic rings. The molecule has 1 atom stereocenters. The van der Waals surface area contributed by atoms with Crippen molar-refractivity contribution in [1.29, 1.82) is 5.26 Å². The van der Waals surface area contributed by atoms with E-state index < -0.39 is 5.79 Å². The molecule has 40 heavy (non-hydrogen) atoms. The maximum atomic E-state index is 10.1. The highest BCUT2D eigenvalue weighted by Crippen LogP contribution is 2.42. The highest BCUT2D eigenvalue weighted by atomic mass is 32.2. The van der Waals surface area contributed by atoms with Gasteiger partial charge >= 0.3 is 0 Å². The number of rotatable bonds is 8. The molecular weight excluding hydrogens is 526 g/mol. The third kappa shape index (κ3) is 5.95. The monoisotopic (exact) mass is 553 g/mol. The lowest BCUT2D eigenvalue weighted by atomic mass is 10.00. The van der Waals surface area contributed by atoms with Crippen LogP contribution < -0.4 is 10.5 Å². The van der Waals surface area contributed by atoms with Gasteiger partial charge in [-0.05, 0) is 50.6 Å². The van der Waals surface area contributed by atoms with Crippen LogP contribution in [0.15, 0.2) is 64.2 Å². The van der Waals surface area contributed by atoms with Crippen LogP contribution in [0.4, 0.5) is 11.5 Å². The molecule has 2 aromatic carbocycles. The summed E-state index contributed by atoms with van der Waals surface area (Å²) in [5, 5.41) is 10.5. The summed E-state index contributed by atoms with van der Waals surface area (Å²) in [5.41, 5.74) is 10.4. The summed E-state index contributed by atoms with van der Waals surface area (Å²) in [7, 11) is 0. The quantitative estimate of drug-likeness (QED) is 0.191. The summed E-state index contributed by atoms with van der Waals surface area (Å²) < 4.78 is 22.9. The highest BCUT2D eigenvalue weighted by Gasteiger charge is 2.33. The first-order chi connectivity index (χ1) is 19.3. The van der Waals surface area contributed by atoms with Gasteiger partial charge in [0.2, 0.25) is 11.6 Å². The lowest BCUT2D eigenvalue weighted by Crippen LogP contribution is -2.25. The molecule has 0 bridgehead atoms. The van der Waals surface area contributed by atoms with Crippen molar-refractivity contribution in [3.63, 3.8) is 0 Å². The third-order valence-corrected chi connectivity index (χ3v) is 7.25. The molecule has 2 aromatic heterocycles. The Hall–Kier alpha value is -4.35. The van der Waals surface area contributed by atoms with Gasteiger partial charge in [0, 0.05) is 16.9 Å². The molecule has 2 N–H and O–H groups in total. The zero-order chi connectivity index (χ0) is 28.3. The van der Waals surface area contributed by atoms with E-state index in [2.05, 4.69) is 20.9 Å². The van der Waals surface area contributed by atoms with Crippen molar-refractivity contribution in [1.82, 2.24) is 9.97 Å². The second-order valence-electron chi connectivity index (χ2n) is 9.71. The van der Waals surface area contributed by atoms with Gasteiger partial charge in [0.15, 0.2) is 5.79 Å². The molecule has 1 aliphatic heterocycles. The Bertz CT molecular complexity index is 1600. The molecule has 3 heterocycles. The van der Waals surface area contributed by atoms with Crippen LogP contribution in [0.25, 0.3) is 27.4 Å². The zero-order valence-corrected chi connectivity index (χ0v) is 23.1. The smallest absolute Gasteiger partial charge is 0.236 e. The van der Waals surface area contributed by atoms with E-state index in [0.29, 0.717) is 52.5 Å². The molecule has 202 valence electrons. The zero-order valence-electron chi connectivity index (χ0n) is 22.3. The first-order valence-electron chi connectivity index (χ1n) is 12.6. The average Bonchev–Trinajstić information content (AvgIpc) is 3.56. The number of hydrogen-bond acceptors (Lipinski definition) is 9. The van der Waals surface area contributed by atoms with Crippen molar-refractivity contribution in [3.05, 3.63) is 83.0 Å². The van der Waals surface area contributed by atoms with Gasteiger partial charge in [-0.3, -0.25) is 0 Å². The van der Waals surface area contributed by atoms with E-state index in [1.807, 2.05) is 45.0 Å². The average molecular weight is 554 g/mol. The molecule has 1 fully saturated rings. The number of benzene rings is 2. The molecule has 0 spiro atoms. The molecule has 9 nitrogen and oxygen atoms in total. The summed E-state index contributed by atoms with van der Waals surface area (Å²) in [6.45, 7) is 14.3. The Morgan fingerprint density at radius 1 is 1.15 bits per heavy atom. The number of aryl methyl sites for hydroxylation is 1. The predicted octanol–water partition coefficient (Wildman–Crippen LogP) is 6.54.